The number of thiophene rings is 1. The standard InChI is InChI=1S/C21H24N4O2S/c1-11-12(2)23-24-20-17(11)18(22)19(28-20)21(26)25-10-9-16(13(25)3)14-5-7-15(27-4)8-6-14/h5-8,13,16H,9-10,22H2,1-4H3. The lowest BCUT2D eigenvalue weighted by molar-refractivity contribution is 0.0748. The van der Waals surface area contributed by atoms with Gasteiger partial charge in [-0.1, -0.05) is 12.1 Å². The molecule has 0 saturated carbocycles. The van der Waals surface area contributed by atoms with Crippen LogP contribution in [0.5, 0.6) is 5.75 Å². The van der Waals surface area contributed by atoms with Crippen LogP contribution >= 0.6 is 11.3 Å². The summed E-state index contributed by atoms with van der Waals surface area (Å²) in [5.74, 6) is 1.13. The Morgan fingerprint density at radius 2 is 1.96 bits per heavy atom. The monoisotopic (exact) mass is 396 g/mol. The highest BCUT2D eigenvalue weighted by atomic mass is 32.1. The van der Waals surface area contributed by atoms with E-state index in [-0.39, 0.29) is 11.9 Å². The third kappa shape index (κ3) is 2.90. The first-order valence-electron chi connectivity index (χ1n) is 9.39. The first-order valence-corrected chi connectivity index (χ1v) is 10.2. The van der Waals surface area contributed by atoms with Gasteiger partial charge in [0.05, 0.1) is 18.5 Å². The van der Waals surface area contributed by atoms with Crippen molar-refractivity contribution in [2.24, 2.45) is 0 Å². The van der Waals surface area contributed by atoms with E-state index in [1.807, 2.05) is 30.9 Å². The van der Waals surface area contributed by atoms with Crippen molar-refractivity contribution < 1.29 is 9.53 Å². The number of rotatable bonds is 3. The number of nitrogen functional groups attached to an aromatic ring is 1. The predicted octanol–water partition coefficient (Wildman–Crippen LogP) is 3.92. The molecular formula is C21H24N4O2S. The fourth-order valence-corrected chi connectivity index (χ4v) is 5.11. The number of nitrogens with two attached hydrogens (primary N) is 1. The van der Waals surface area contributed by atoms with Gasteiger partial charge >= 0.3 is 0 Å². The molecule has 7 heteroatoms. The Bertz CT molecular complexity index is 1040. The predicted molar refractivity (Wildman–Crippen MR) is 112 cm³/mol. The van der Waals surface area contributed by atoms with Crippen molar-refractivity contribution in [3.63, 3.8) is 0 Å². The van der Waals surface area contributed by atoms with Gasteiger partial charge < -0.3 is 15.4 Å². The number of fused-ring (bicyclic) bond motifs is 1. The summed E-state index contributed by atoms with van der Waals surface area (Å²) in [5.41, 5.74) is 9.96. The molecule has 2 atom stereocenters. The van der Waals surface area contributed by atoms with Gasteiger partial charge in [0.25, 0.3) is 5.91 Å². The van der Waals surface area contributed by atoms with E-state index < -0.39 is 0 Å². The van der Waals surface area contributed by atoms with E-state index in [4.69, 9.17) is 10.5 Å². The van der Waals surface area contributed by atoms with Crippen molar-refractivity contribution >= 4 is 33.1 Å². The lowest BCUT2D eigenvalue weighted by Gasteiger charge is -2.25. The molecule has 0 radical (unpaired) electrons. The quantitative estimate of drug-likeness (QED) is 0.726. The molecule has 0 spiro atoms. The lowest BCUT2D eigenvalue weighted by Crippen LogP contribution is -2.35. The molecule has 1 saturated heterocycles. The molecule has 0 bridgehead atoms. The van der Waals surface area contributed by atoms with E-state index in [2.05, 4.69) is 29.3 Å². The van der Waals surface area contributed by atoms with E-state index >= 15 is 0 Å². The van der Waals surface area contributed by atoms with Crippen LogP contribution in [0.2, 0.25) is 0 Å². The third-order valence-corrected chi connectivity index (χ3v) is 6.97. The van der Waals surface area contributed by atoms with Crippen LogP contribution in [0.4, 0.5) is 5.69 Å². The van der Waals surface area contributed by atoms with E-state index in [9.17, 15) is 4.79 Å². The van der Waals surface area contributed by atoms with E-state index in [0.717, 1.165) is 33.6 Å². The maximum atomic E-state index is 13.3. The maximum absolute atomic E-state index is 13.3. The van der Waals surface area contributed by atoms with E-state index in [1.54, 1.807) is 7.11 Å². The van der Waals surface area contributed by atoms with Crippen LogP contribution in [-0.2, 0) is 0 Å². The Morgan fingerprint density at radius 1 is 1.25 bits per heavy atom. The first kappa shape index (κ1) is 18.7. The largest absolute Gasteiger partial charge is 0.497 e. The average Bonchev–Trinajstić information content (AvgIpc) is 3.25. The molecule has 3 aromatic rings. The smallest absolute Gasteiger partial charge is 0.266 e. The summed E-state index contributed by atoms with van der Waals surface area (Å²) in [5, 5.41) is 9.27. The van der Waals surface area contributed by atoms with Crippen LogP contribution in [0.25, 0.3) is 10.2 Å². The van der Waals surface area contributed by atoms with Crippen molar-refractivity contribution in [2.75, 3.05) is 19.4 Å². The Balaban J connectivity index is 1.63. The fraction of sp³-hybridized carbons (Fsp3) is 0.381. The molecular weight excluding hydrogens is 372 g/mol. The number of likely N-dealkylation sites (tertiary alicyclic amines) is 1. The summed E-state index contributed by atoms with van der Waals surface area (Å²) in [6, 6.07) is 8.22. The van der Waals surface area contributed by atoms with Crippen LogP contribution < -0.4 is 10.5 Å². The molecule has 4 rings (SSSR count). The minimum absolute atomic E-state index is 0.0129. The average molecular weight is 397 g/mol. The summed E-state index contributed by atoms with van der Waals surface area (Å²) in [6.45, 7) is 6.71. The number of benzene rings is 1. The fourth-order valence-electron chi connectivity index (χ4n) is 4.05. The van der Waals surface area contributed by atoms with Crippen molar-refractivity contribution in [3.05, 3.63) is 46.0 Å². The number of anilines is 1. The number of methoxy groups -OCH3 is 1. The Kier molecular flexibility index (Phi) is 4.71. The Hall–Kier alpha value is -2.67. The lowest BCUT2D eigenvalue weighted by atomic mass is 9.92. The molecule has 1 amide bonds. The highest BCUT2D eigenvalue weighted by Crippen LogP contribution is 2.39. The highest BCUT2D eigenvalue weighted by molar-refractivity contribution is 7.21. The summed E-state index contributed by atoms with van der Waals surface area (Å²) in [7, 11) is 1.66. The minimum atomic E-state index is -0.0129. The number of aromatic nitrogens is 2. The number of carbonyl (C=O) groups is 1. The van der Waals surface area contributed by atoms with Gasteiger partial charge in [-0.25, -0.2) is 0 Å². The highest BCUT2D eigenvalue weighted by Gasteiger charge is 2.36. The zero-order chi connectivity index (χ0) is 20.0. The van der Waals surface area contributed by atoms with Crippen LogP contribution in [0.1, 0.15) is 45.8 Å². The van der Waals surface area contributed by atoms with Gasteiger partial charge in [-0.05, 0) is 50.5 Å². The zero-order valence-corrected chi connectivity index (χ0v) is 17.3. The van der Waals surface area contributed by atoms with Gasteiger partial charge in [0.15, 0.2) is 0 Å². The van der Waals surface area contributed by atoms with Gasteiger partial charge in [-0.15, -0.1) is 16.4 Å². The number of carbonyl (C=O) groups excluding carboxylic acids is 1. The molecule has 28 heavy (non-hydrogen) atoms. The van der Waals surface area contributed by atoms with Gasteiger partial charge in [0.1, 0.15) is 15.5 Å². The maximum Gasteiger partial charge on any atom is 0.266 e. The molecule has 2 unspecified atom stereocenters. The molecule has 1 aliphatic heterocycles. The second-order valence-electron chi connectivity index (χ2n) is 7.34. The molecule has 2 N–H and O–H groups in total. The first-order chi connectivity index (χ1) is 13.4. The summed E-state index contributed by atoms with van der Waals surface area (Å²) < 4.78 is 5.25. The number of ether oxygens (including phenoxy) is 1. The summed E-state index contributed by atoms with van der Waals surface area (Å²) in [6.07, 6.45) is 0.933. The van der Waals surface area contributed by atoms with Crippen LogP contribution in [-0.4, -0.2) is 40.7 Å². The number of aryl methyl sites for hydroxylation is 2. The number of hydrogen-bond donors (Lipinski definition) is 1. The van der Waals surface area contributed by atoms with Crippen molar-refractivity contribution in [3.8, 4) is 5.75 Å². The van der Waals surface area contributed by atoms with Crippen LogP contribution in [0.3, 0.4) is 0 Å². The van der Waals surface area contributed by atoms with Crippen molar-refractivity contribution in [1.29, 1.82) is 0 Å². The molecule has 1 aliphatic rings. The number of amides is 1. The SMILES string of the molecule is COc1ccc(C2CCN(C(=O)c3sc4nnc(C)c(C)c4c3N)C2C)cc1. The van der Waals surface area contributed by atoms with E-state index in [0.29, 0.717) is 23.0 Å². The second kappa shape index (κ2) is 7.05. The van der Waals surface area contributed by atoms with Gasteiger partial charge in [-0.2, -0.15) is 5.10 Å². The molecule has 0 aliphatic carbocycles. The molecule has 146 valence electrons. The number of hydrogen-bond acceptors (Lipinski definition) is 6. The topological polar surface area (TPSA) is 81.3 Å². The van der Waals surface area contributed by atoms with Crippen molar-refractivity contribution in [2.45, 2.75) is 39.2 Å². The molecule has 1 aromatic carbocycles. The summed E-state index contributed by atoms with van der Waals surface area (Å²) >= 11 is 1.34. The number of nitrogens with zero attached hydrogens (tertiary/aromatic N) is 3. The molecule has 1 fully saturated rings. The van der Waals surface area contributed by atoms with Gasteiger partial charge in [-0.3, -0.25) is 4.79 Å². The van der Waals surface area contributed by atoms with Gasteiger partial charge in [0.2, 0.25) is 0 Å². The van der Waals surface area contributed by atoms with Crippen molar-refractivity contribution in [1.82, 2.24) is 15.1 Å². The molecule has 6 nitrogen and oxygen atoms in total. The normalized spacial score (nSPS) is 19.4. The second-order valence-corrected chi connectivity index (χ2v) is 8.34. The van der Waals surface area contributed by atoms with E-state index in [1.165, 1.54) is 16.9 Å². The minimum Gasteiger partial charge on any atom is -0.497 e. The molecule has 2 aromatic heterocycles. The summed E-state index contributed by atoms with van der Waals surface area (Å²) in [4.78, 5) is 16.5. The Morgan fingerprint density at radius 3 is 2.64 bits per heavy atom. The Labute approximate surface area is 168 Å². The van der Waals surface area contributed by atoms with Crippen LogP contribution in [0.15, 0.2) is 24.3 Å². The third-order valence-electron chi connectivity index (χ3n) is 5.89. The zero-order valence-electron chi connectivity index (χ0n) is 16.5. The van der Waals surface area contributed by atoms with Crippen LogP contribution in [0, 0.1) is 13.8 Å². The molecule has 3 heterocycles. The van der Waals surface area contributed by atoms with Gasteiger partial charge in [0, 0.05) is 23.9 Å².